The zero-order chi connectivity index (χ0) is 6.69. The van der Waals surface area contributed by atoms with Gasteiger partial charge in [-0.2, -0.15) is 0 Å². The molecule has 1 aliphatic rings. The number of aliphatic hydroxyl groups is 1. The first-order chi connectivity index (χ1) is 4.34. The predicted molar refractivity (Wildman–Crippen MR) is 32.2 cm³/mol. The lowest BCUT2D eigenvalue weighted by atomic mass is 10.1. The lowest BCUT2D eigenvalue weighted by molar-refractivity contribution is -0.102. The molecule has 1 N–H and O–H groups in total. The molecule has 1 rings (SSSR count). The van der Waals surface area contributed by atoms with Crippen molar-refractivity contribution in [3.63, 3.8) is 0 Å². The molecule has 54 valence electrons. The maximum absolute atomic E-state index is 9.16. The van der Waals surface area contributed by atoms with Gasteiger partial charge in [0.15, 0.2) is 0 Å². The van der Waals surface area contributed by atoms with Crippen molar-refractivity contribution in [2.24, 2.45) is 0 Å². The largest absolute Gasteiger partial charge is 0.390 e. The Balaban J connectivity index is 2.30. The van der Waals surface area contributed by atoms with Gasteiger partial charge in [0.25, 0.3) is 0 Å². The van der Waals surface area contributed by atoms with Crippen molar-refractivity contribution in [2.45, 2.75) is 18.6 Å². The second-order valence-corrected chi connectivity index (χ2v) is 2.21. The minimum absolute atomic E-state index is 0.112. The van der Waals surface area contributed by atoms with Gasteiger partial charge in [-0.1, -0.05) is 0 Å². The number of methoxy groups -OCH3 is 1. The lowest BCUT2D eigenvalue weighted by Gasteiger charge is -2.25. The van der Waals surface area contributed by atoms with E-state index >= 15 is 0 Å². The first-order valence-electron chi connectivity index (χ1n) is 3.13. The normalized spacial score (nSPS) is 36.7. The van der Waals surface area contributed by atoms with Gasteiger partial charge in [-0.25, -0.2) is 0 Å². The molecule has 0 aliphatic carbocycles. The van der Waals surface area contributed by atoms with Gasteiger partial charge < -0.3 is 14.6 Å². The topological polar surface area (TPSA) is 38.7 Å². The summed E-state index contributed by atoms with van der Waals surface area (Å²) in [7, 11) is 1.59. The summed E-state index contributed by atoms with van der Waals surface area (Å²) in [6.07, 6.45) is 0.251. The number of hydrogen-bond acceptors (Lipinski definition) is 3. The van der Waals surface area contributed by atoms with E-state index in [9.17, 15) is 0 Å². The van der Waals surface area contributed by atoms with E-state index in [0.29, 0.717) is 19.6 Å². The maximum Gasteiger partial charge on any atom is 0.106 e. The summed E-state index contributed by atoms with van der Waals surface area (Å²) in [4.78, 5) is 0. The van der Waals surface area contributed by atoms with Crippen LogP contribution in [0.2, 0.25) is 0 Å². The van der Waals surface area contributed by atoms with Crippen LogP contribution in [0.5, 0.6) is 0 Å². The Labute approximate surface area is 54.6 Å². The van der Waals surface area contributed by atoms with Crippen LogP contribution in [0.3, 0.4) is 0 Å². The van der Waals surface area contributed by atoms with Crippen LogP contribution in [0, 0.1) is 0 Å². The molecule has 1 fully saturated rings. The highest BCUT2D eigenvalue weighted by atomic mass is 16.5. The SMILES string of the molecule is CO[C@@H]1COCC[C@H]1O. The average molecular weight is 132 g/mol. The van der Waals surface area contributed by atoms with Gasteiger partial charge in [0, 0.05) is 13.7 Å². The molecule has 1 saturated heterocycles. The number of hydrogen-bond donors (Lipinski definition) is 1. The molecule has 0 aromatic heterocycles. The maximum atomic E-state index is 9.16. The van der Waals surface area contributed by atoms with Crippen LogP contribution in [-0.2, 0) is 9.47 Å². The zero-order valence-electron chi connectivity index (χ0n) is 5.54. The van der Waals surface area contributed by atoms with E-state index in [2.05, 4.69) is 0 Å². The molecule has 0 bridgehead atoms. The highest BCUT2D eigenvalue weighted by Gasteiger charge is 2.22. The summed E-state index contributed by atoms with van der Waals surface area (Å²) in [5.41, 5.74) is 0. The Kier molecular flexibility index (Phi) is 2.45. The van der Waals surface area contributed by atoms with Gasteiger partial charge in [-0.15, -0.1) is 0 Å². The second-order valence-electron chi connectivity index (χ2n) is 2.21. The van der Waals surface area contributed by atoms with Gasteiger partial charge in [0.2, 0.25) is 0 Å². The molecule has 3 heteroatoms. The summed E-state index contributed by atoms with van der Waals surface area (Å²) in [6.45, 7) is 1.18. The third kappa shape index (κ3) is 1.64. The van der Waals surface area contributed by atoms with E-state index in [0.717, 1.165) is 0 Å². The van der Waals surface area contributed by atoms with Crippen LogP contribution in [0.4, 0.5) is 0 Å². The van der Waals surface area contributed by atoms with Crippen LogP contribution in [0.25, 0.3) is 0 Å². The van der Waals surface area contributed by atoms with Crippen molar-refractivity contribution in [3.05, 3.63) is 0 Å². The average Bonchev–Trinajstić information content (AvgIpc) is 1.89. The van der Waals surface area contributed by atoms with E-state index < -0.39 is 0 Å². The molecule has 0 unspecified atom stereocenters. The van der Waals surface area contributed by atoms with Crippen LogP contribution < -0.4 is 0 Å². The summed E-state index contributed by atoms with van der Waals surface area (Å²) < 4.78 is 9.99. The Morgan fingerprint density at radius 3 is 2.89 bits per heavy atom. The van der Waals surface area contributed by atoms with Crippen molar-refractivity contribution < 1.29 is 14.6 Å². The van der Waals surface area contributed by atoms with E-state index in [-0.39, 0.29) is 12.2 Å². The number of rotatable bonds is 1. The Bertz CT molecular complexity index is 84.4. The zero-order valence-corrected chi connectivity index (χ0v) is 5.54. The quantitative estimate of drug-likeness (QED) is 0.536. The molecule has 0 radical (unpaired) electrons. The van der Waals surface area contributed by atoms with Gasteiger partial charge >= 0.3 is 0 Å². The minimum Gasteiger partial charge on any atom is -0.390 e. The summed E-state index contributed by atoms with van der Waals surface area (Å²) >= 11 is 0. The molecule has 0 saturated carbocycles. The number of ether oxygens (including phenoxy) is 2. The van der Waals surface area contributed by atoms with Crippen molar-refractivity contribution in [1.29, 1.82) is 0 Å². The van der Waals surface area contributed by atoms with Crippen molar-refractivity contribution in [3.8, 4) is 0 Å². The molecule has 0 amide bonds. The molecule has 1 heterocycles. The standard InChI is InChI=1S/C6H12O3/c1-8-6-4-9-3-2-5(6)7/h5-7H,2-4H2,1H3/t5-,6-/m1/s1. The van der Waals surface area contributed by atoms with E-state index in [4.69, 9.17) is 14.6 Å². The fourth-order valence-electron chi connectivity index (χ4n) is 0.926. The summed E-state index contributed by atoms with van der Waals surface area (Å²) in [5.74, 6) is 0. The highest BCUT2D eigenvalue weighted by molar-refractivity contribution is 4.71. The summed E-state index contributed by atoms with van der Waals surface area (Å²) in [6, 6.07) is 0. The van der Waals surface area contributed by atoms with Crippen LogP contribution in [0.15, 0.2) is 0 Å². The molecule has 0 aromatic rings. The minimum atomic E-state index is -0.330. The van der Waals surface area contributed by atoms with Gasteiger partial charge in [0.1, 0.15) is 6.10 Å². The van der Waals surface area contributed by atoms with Crippen molar-refractivity contribution >= 4 is 0 Å². The predicted octanol–water partition coefficient (Wildman–Crippen LogP) is -0.217. The molecule has 0 aromatic carbocycles. The molecule has 9 heavy (non-hydrogen) atoms. The summed E-state index contributed by atoms with van der Waals surface area (Å²) in [5, 5.41) is 9.16. The third-order valence-corrected chi connectivity index (χ3v) is 1.57. The molecule has 2 atom stereocenters. The molecule has 3 nitrogen and oxygen atoms in total. The third-order valence-electron chi connectivity index (χ3n) is 1.57. The van der Waals surface area contributed by atoms with E-state index in [1.807, 2.05) is 0 Å². The van der Waals surface area contributed by atoms with E-state index in [1.54, 1.807) is 7.11 Å². The Morgan fingerprint density at radius 2 is 2.44 bits per heavy atom. The smallest absolute Gasteiger partial charge is 0.106 e. The fourth-order valence-corrected chi connectivity index (χ4v) is 0.926. The molecule has 0 spiro atoms. The first kappa shape index (κ1) is 6.99. The Morgan fingerprint density at radius 1 is 1.67 bits per heavy atom. The second kappa shape index (κ2) is 3.15. The fraction of sp³-hybridized carbons (Fsp3) is 1.00. The van der Waals surface area contributed by atoms with Gasteiger partial charge in [-0.05, 0) is 6.42 Å². The van der Waals surface area contributed by atoms with Gasteiger partial charge in [-0.3, -0.25) is 0 Å². The van der Waals surface area contributed by atoms with Crippen LogP contribution in [-0.4, -0.2) is 37.6 Å². The Hall–Kier alpha value is -0.120. The van der Waals surface area contributed by atoms with Crippen molar-refractivity contribution in [2.75, 3.05) is 20.3 Å². The molecular weight excluding hydrogens is 120 g/mol. The van der Waals surface area contributed by atoms with Crippen molar-refractivity contribution in [1.82, 2.24) is 0 Å². The monoisotopic (exact) mass is 132 g/mol. The first-order valence-corrected chi connectivity index (χ1v) is 3.13. The van der Waals surface area contributed by atoms with Gasteiger partial charge in [0.05, 0.1) is 12.7 Å². The van der Waals surface area contributed by atoms with E-state index in [1.165, 1.54) is 0 Å². The highest BCUT2D eigenvalue weighted by Crippen LogP contribution is 2.09. The van der Waals surface area contributed by atoms with Crippen LogP contribution in [0.1, 0.15) is 6.42 Å². The molecule has 1 aliphatic heterocycles. The number of aliphatic hydroxyl groups excluding tert-OH is 1. The lowest BCUT2D eigenvalue weighted by Crippen LogP contribution is -2.37. The molecular formula is C6H12O3. The van der Waals surface area contributed by atoms with Crippen LogP contribution >= 0.6 is 0 Å².